The maximum Gasteiger partial charge on any atom is 0.161 e. The molecule has 0 aliphatic carbocycles. The topological polar surface area (TPSA) is 82.8 Å². The van der Waals surface area contributed by atoms with Crippen LogP contribution >= 0.6 is 0 Å². The van der Waals surface area contributed by atoms with Crippen LogP contribution in [0.2, 0.25) is 0 Å². The third-order valence-electron chi connectivity index (χ3n) is 5.24. The van der Waals surface area contributed by atoms with Gasteiger partial charge in [-0.1, -0.05) is 30.3 Å². The average molecular weight is 447 g/mol. The van der Waals surface area contributed by atoms with Gasteiger partial charge in [-0.2, -0.15) is 0 Å². The van der Waals surface area contributed by atoms with Crippen molar-refractivity contribution in [2.45, 2.75) is 26.2 Å². The first kappa shape index (κ1) is 22.4. The summed E-state index contributed by atoms with van der Waals surface area (Å²) < 4.78 is 19.0. The molecule has 1 N–H and O–H groups in total. The van der Waals surface area contributed by atoms with Gasteiger partial charge in [0, 0.05) is 5.56 Å². The van der Waals surface area contributed by atoms with Crippen molar-refractivity contribution in [3.05, 3.63) is 84.2 Å². The van der Waals surface area contributed by atoms with Gasteiger partial charge >= 0.3 is 0 Å². The van der Waals surface area contributed by atoms with Crippen LogP contribution in [0.15, 0.2) is 72.8 Å². The van der Waals surface area contributed by atoms with Gasteiger partial charge in [0.15, 0.2) is 17.3 Å². The van der Waals surface area contributed by atoms with Gasteiger partial charge in [-0.3, -0.25) is 4.79 Å². The number of aliphatic hydroxyl groups is 1. The predicted octanol–water partition coefficient (Wildman–Crippen LogP) is 4.27. The zero-order valence-electron chi connectivity index (χ0n) is 18.6. The van der Waals surface area contributed by atoms with E-state index >= 15 is 0 Å². The second-order valence-electron chi connectivity index (χ2n) is 7.62. The summed E-state index contributed by atoms with van der Waals surface area (Å²) in [6.07, 6.45) is -0.810. The maximum absolute atomic E-state index is 11.6. The molecule has 7 nitrogen and oxygen atoms in total. The standard InChI is InChI=1S/C26H26N2O5/c1-18(29)19-12-13-24(25(14-19)31-2)33-16-20(30)15-28-23-11-7-6-10-22(23)27-26(28)17-32-21-8-4-3-5-9-21/h3-14,20,30H,15-17H2,1-2H3. The number of ether oxygens (including phenoxy) is 3. The zero-order chi connectivity index (χ0) is 23.2. The Bertz CT molecular complexity index is 1240. The number of carbonyl (C=O) groups is 1. The van der Waals surface area contributed by atoms with Gasteiger partial charge in [-0.25, -0.2) is 4.98 Å². The van der Waals surface area contributed by atoms with Gasteiger partial charge in [0.1, 0.15) is 30.9 Å². The minimum Gasteiger partial charge on any atom is -0.493 e. The molecular weight excluding hydrogens is 420 g/mol. The average Bonchev–Trinajstić information content (AvgIpc) is 3.19. The molecule has 7 heteroatoms. The first-order valence-corrected chi connectivity index (χ1v) is 10.7. The largest absolute Gasteiger partial charge is 0.493 e. The summed E-state index contributed by atoms with van der Waals surface area (Å²) in [4.78, 5) is 16.3. The molecule has 1 heterocycles. The molecule has 0 saturated carbocycles. The molecule has 3 aromatic carbocycles. The van der Waals surface area contributed by atoms with Gasteiger partial charge in [0.05, 0.1) is 24.7 Å². The lowest BCUT2D eigenvalue weighted by Gasteiger charge is -2.17. The lowest BCUT2D eigenvalue weighted by Crippen LogP contribution is -2.25. The number of carbonyl (C=O) groups excluding carboxylic acids is 1. The van der Waals surface area contributed by atoms with Crippen molar-refractivity contribution in [3.63, 3.8) is 0 Å². The van der Waals surface area contributed by atoms with Crippen LogP contribution in [0.4, 0.5) is 0 Å². The molecule has 33 heavy (non-hydrogen) atoms. The summed E-state index contributed by atoms with van der Waals surface area (Å²) in [5.41, 5.74) is 2.28. The second kappa shape index (κ2) is 10.2. The smallest absolute Gasteiger partial charge is 0.161 e. The normalized spacial score (nSPS) is 11.8. The number of rotatable bonds is 10. The Kier molecular flexibility index (Phi) is 6.90. The lowest BCUT2D eigenvalue weighted by atomic mass is 10.1. The zero-order valence-corrected chi connectivity index (χ0v) is 18.6. The first-order chi connectivity index (χ1) is 16.0. The first-order valence-electron chi connectivity index (χ1n) is 10.7. The van der Waals surface area contributed by atoms with Crippen molar-refractivity contribution >= 4 is 16.8 Å². The number of ketones is 1. The fraction of sp³-hybridized carbons (Fsp3) is 0.231. The number of nitrogens with zero attached hydrogens (tertiary/aromatic N) is 2. The molecule has 1 atom stereocenters. The minimum absolute atomic E-state index is 0.0429. The highest BCUT2D eigenvalue weighted by Crippen LogP contribution is 2.28. The van der Waals surface area contributed by atoms with Gasteiger partial charge in [-0.05, 0) is 49.4 Å². The van der Waals surface area contributed by atoms with Gasteiger partial charge in [0.2, 0.25) is 0 Å². The van der Waals surface area contributed by atoms with E-state index in [0.717, 1.165) is 16.8 Å². The molecule has 0 spiro atoms. The van der Waals surface area contributed by atoms with Gasteiger partial charge in [-0.15, -0.1) is 0 Å². The Morgan fingerprint density at radius 1 is 1.00 bits per heavy atom. The SMILES string of the molecule is COc1cc(C(C)=O)ccc1OCC(O)Cn1c(COc2ccccc2)nc2ccccc21. The Labute approximate surface area is 192 Å². The molecule has 0 saturated heterocycles. The van der Waals surface area contributed by atoms with E-state index in [-0.39, 0.29) is 25.5 Å². The molecule has 4 rings (SSSR count). The second-order valence-corrected chi connectivity index (χ2v) is 7.62. The summed E-state index contributed by atoms with van der Waals surface area (Å²) >= 11 is 0. The monoisotopic (exact) mass is 446 g/mol. The van der Waals surface area contributed by atoms with Crippen molar-refractivity contribution in [1.29, 1.82) is 0 Å². The van der Waals surface area contributed by atoms with Gasteiger partial charge < -0.3 is 23.9 Å². The van der Waals surface area contributed by atoms with E-state index in [0.29, 0.717) is 22.9 Å². The van der Waals surface area contributed by atoms with E-state index in [4.69, 9.17) is 14.2 Å². The van der Waals surface area contributed by atoms with Crippen LogP contribution in [0.1, 0.15) is 23.1 Å². The fourth-order valence-electron chi connectivity index (χ4n) is 3.56. The summed E-state index contributed by atoms with van der Waals surface area (Å²) in [5.74, 6) is 2.31. The number of Topliss-reactive ketones (excluding diaryl/α,β-unsaturated/α-hetero) is 1. The lowest BCUT2D eigenvalue weighted by molar-refractivity contribution is 0.0901. The van der Waals surface area contributed by atoms with Crippen LogP contribution in [0.25, 0.3) is 11.0 Å². The highest BCUT2D eigenvalue weighted by molar-refractivity contribution is 5.94. The molecular formula is C26H26N2O5. The van der Waals surface area contributed by atoms with Gasteiger partial charge in [0.25, 0.3) is 0 Å². The van der Waals surface area contributed by atoms with Crippen LogP contribution < -0.4 is 14.2 Å². The van der Waals surface area contributed by atoms with Crippen LogP contribution in [0.3, 0.4) is 0 Å². The molecule has 170 valence electrons. The number of fused-ring (bicyclic) bond motifs is 1. The van der Waals surface area contributed by atoms with E-state index in [9.17, 15) is 9.90 Å². The van der Waals surface area contributed by atoms with E-state index in [1.807, 2.05) is 59.2 Å². The number of para-hydroxylation sites is 3. The van der Waals surface area contributed by atoms with Crippen molar-refractivity contribution < 1.29 is 24.1 Å². The molecule has 0 aliphatic rings. The number of imidazole rings is 1. The summed E-state index contributed by atoms with van der Waals surface area (Å²) in [6, 6.07) is 22.3. The Morgan fingerprint density at radius 2 is 1.76 bits per heavy atom. The number of aromatic nitrogens is 2. The summed E-state index contributed by atoms with van der Waals surface area (Å²) in [6.45, 7) is 2.09. The third kappa shape index (κ3) is 5.32. The highest BCUT2D eigenvalue weighted by Gasteiger charge is 2.16. The van der Waals surface area contributed by atoms with E-state index in [1.165, 1.54) is 14.0 Å². The molecule has 0 radical (unpaired) electrons. The van der Waals surface area contributed by atoms with Crippen molar-refractivity contribution in [3.8, 4) is 17.2 Å². The number of aliphatic hydroxyl groups excluding tert-OH is 1. The predicted molar refractivity (Wildman–Crippen MR) is 125 cm³/mol. The third-order valence-corrected chi connectivity index (χ3v) is 5.24. The van der Waals surface area contributed by atoms with Crippen LogP contribution in [0.5, 0.6) is 17.2 Å². The molecule has 1 aromatic heterocycles. The van der Waals surface area contributed by atoms with Crippen LogP contribution in [-0.4, -0.2) is 40.3 Å². The molecule has 0 bridgehead atoms. The van der Waals surface area contributed by atoms with E-state index < -0.39 is 6.10 Å². The van der Waals surface area contributed by atoms with Crippen LogP contribution in [-0.2, 0) is 13.2 Å². The number of hydrogen-bond acceptors (Lipinski definition) is 6. The number of benzene rings is 3. The van der Waals surface area contributed by atoms with Crippen LogP contribution in [0, 0.1) is 0 Å². The summed E-state index contributed by atoms with van der Waals surface area (Å²) in [5, 5.41) is 10.7. The highest BCUT2D eigenvalue weighted by atomic mass is 16.5. The Hall–Kier alpha value is -3.84. The van der Waals surface area contributed by atoms with Crippen molar-refractivity contribution in [2.75, 3.05) is 13.7 Å². The molecule has 4 aromatic rings. The maximum atomic E-state index is 11.6. The summed E-state index contributed by atoms with van der Waals surface area (Å²) in [7, 11) is 1.51. The molecule has 0 amide bonds. The quantitative estimate of drug-likeness (QED) is 0.367. The van der Waals surface area contributed by atoms with Crippen molar-refractivity contribution in [1.82, 2.24) is 9.55 Å². The minimum atomic E-state index is -0.810. The molecule has 1 unspecified atom stereocenters. The van der Waals surface area contributed by atoms with E-state index in [2.05, 4.69) is 4.98 Å². The fourth-order valence-corrected chi connectivity index (χ4v) is 3.56. The Morgan fingerprint density at radius 3 is 2.52 bits per heavy atom. The number of methoxy groups -OCH3 is 1. The van der Waals surface area contributed by atoms with Crippen molar-refractivity contribution in [2.24, 2.45) is 0 Å². The Balaban J connectivity index is 1.48. The number of hydrogen-bond donors (Lipinski definition) is 1. The molecule has 0 fully saturated rings. The van der Waals surface area contributed by atoms with E-state index in [1.54, 1.807) is 18.2 Å². The molecule has 0 aliphatic heterocycles.